The van der Waals surface area contributed by atoms with Crippen LogP contribution in [0.2, 0.25) is 0 Å². The molecular formula is C22H27N5O3. The maximum Gasteiger partial charge on any atom is 0.185 e. The SMILES string of the molecule is COC(CNCc1nc2ccccc2n1C)OC.Cn1c(C=O)nc2ccccc21. The van der Waals surface area contributed by atoms with E-state index in [1.54, 1.807) is 18.8 Å². The lowest BCUT2D eigenvalue weighted by Gasteiger charge is -2.13. The van der Waals surface area contributed by atoms with Crippen LogP contribution in [0.15, 0.2) is 48.5 Å². The Bertz CT molecular complexity index is 1110. The van der Waals surface area contributed by atoms with Crippen LogP contribution in [0.1, 0.15) is 16.4 Å². The first-order chi connectivity index (χ1) is 14.6. The Morgan fingerprint density at radius 3 is 2.03 bits per heavy atom. The van der Waals surface area contributed by atoms with Crippen molar-refractivity contribution >= 4 is 28.4 Å². The number of nitrogens with one attached hydrogen (secondary N) is 1. The summed E-state index contributed by atoms with van der Waals surface area (Å²) in [6.07, 6.45) is 0.541. The molecule has 30 heavy (non-hydrogen) atoms. The molecule has 1 N–H and O–H groups in total. The number of aldehydes is 1. The lowest BCUT2D eigenvalue weighted by molar-refractivity contribution is -0.0989. The van der Waals surface area contributed by atoms with E-state index in [0.717, 1.165) is 34.2 Å². The number of methoxy groups -OCH3 is 2. The minimum Gasteiger partial charge on any atom is -0.355 e. The van der Waals surface area contributed by atoms with E-state index in [2.05, 4.69) is 25.9 Å². The number of carbonyl (C=O) groups excluding carboxylic acids is 1. The number of fused-ring (bicyclic) bond motifs is 2. The van der Waals surface area contributed by atoms with Crippen LogP contribution in [0.3, 0.4) is 0 Å². The fourth-order valence-electron chi connectivity index (χ4n) is 3.19. The smallest absolute Gasteiger partial charge is 0.185 e. The van der Waals surface area contributed by atoms with Crippen LogP contribution in [0.5, 0.6) is 0 Å². The van der Waals surface area contributed by atoms with Crippen LogP contribution in [-0.4, -0.2) is 52.4 Å². The Morgan fingerprint density at radius 2 is 1.50 bits per heavy atom. The van der Waals surface area contributed by atoms with Gasteiger partial charge in [-0.1, -0.05) is 24.3 Å². The third-order valence-electron chi connectivity index (χ3n) is 4.93. The van der Waals surface area contributed by atoms with Crippen LogP contribution < -0.4 is 5.32 Å². The number of imidazole rings is 2. The average Bonchev–Trinajstić information content (AvgIpc) is 3.28. The number of hydrogen-bond acceptors (Lipinski definition) is 6. The van der Waals surface area contributed by atoms with Crippen LogP contribution in [-0.2, 0) is 30.1 Å². The zero-order valence-corrected chi connectivity index (χ0v) is 17.7. The highest BCUT2D eigenvalue weighted by atomic mass is 16.7. The molecule has 2 aromatic heterocycles. The number of nitrogens with zero attached hydrogens (tertiary/aromatic N) is 4. The number of aryl methyl sites for hydroxylation is 2. The molecule has 0 spiro atoms. The number of hydrogen-bond donors (Lipinski definition) is 1. The van der Waals surface area contributed by atoms with Gasteiger partial charge in [-0.25, -0.2) is 9.97 Å². The zero-order chi connectivity index (χ0) is 21.5. The molecule has 0 saturated carbocycles. The summed E-state index contributed by atoms with van der Waals surface area (Å²) >= 11 is 0. The predicted octanol–water partition coefficient (Wildman–Crippen LogP) is 2.67. The first-order valence-corrected chi connectivity index (χ1v) is 9.62. The van der Waals surface area contributed by atoms with Gasteiger partial charge in [-0.3, -0.25) is 4.79 Å². The van der Waals surface area contributed by atoms with Crippen molar-refractivity contribution in [3.63, 3.8) is 0 Å². The van der Waals surface area contributed by atoms with Gasteiger partial charge in [0.25, 0.3) is 0 Å². The molecule has 0 fully saturated rings. The third-order valence-corrected chi connectivity index (χ3v) is 4.93. The summed E-state index contributed by atoms with van der Waals surface area (Å²) in [7, 11) is 7.12. The highest BCUT2D eigenvalue weighted by Crippen LogP contribution is 2.14. The second-order valence-corrected chi connectivity index (χ2v) is 6.74. The molecule has 0 aliphatic rings. The van der Waals surface area contributed by atoms with E-state index in [1.165, 1.54) is 0 Å². The van der Waals surface area contributed by atoms with E-state index in [9.17, 15) is 4.79 Å². The van der Waals surface area contributed by atoms with Crippen molar-refractivity contribution in [2.24, 2.45) is 14.1 Å². The Kier molecular flexibility index (Phi) is 7.29. The Hall–Kier alpha value is -3.07. The van der Waals surface area contributed by atoms with E-state index in [4.69, 9.17) is 9.47 Å². The molecule has 4 rings (SSSR count). The lowest BCUT2D eigenvalue weighted by atomic mass is 10.3. The predicted molar refractivity (Wildman–Crippen MR) is 116 cm³/mol. The van der Waals surface area contributed by atoms with Gasteiger partial charge in [0, 0.05) is 34.9 Å². The Labute approximate surface area is 175 Å². The first kappa shape index (κ1) is 21.6. The molecule has 0 radical (unpaired) electrons. The number of para-hydroxylation sites is 4. The van der Waals surface area contributed by atoms with Crippen molar-refractivity contribution in [1.29, 1.82) is 0 Å². The largest absolute Gasteiger partial charge is 0.355 e. The van der Waals surface area contributed by atoms with Gasteiger partial charge in [-0.15, -0.1) is 0 Å². The van der Waals surface area contributed by atoms with Gasteiger partial charge in [0.15, 0.2) is 18.4 Å². The molecule has 0 aliphatic carbocycles. The molecule has 2 heterocycles. The van der Waals surface area contributed by atoms with Crippen LogP contribution in [0.25, 0.3) is 22.1 Å². The molecule has 4 aromatic rings. The summed E-state index contributed by atoms with van der Waals surface area (Å²) in [4.78, 5) is 19.2. The number of carbonyl (C=O) groups is 1. The summed E-state index contributed by atoms with van der Waals surface area (Å²) < 4.78 is 14.1. The fourth-order valence-corrected chi connectivity index (χ4v) is 3.19. The number of rotatable bonds is 7. The number of ether oxygens (including phenoxy) is 2. The van der Waals surface area contributed by atoms with E-state index in [0.29, 0.717) is 18.9 Å². The van der Waals surface area contributed by atoms with E-state index >= 15 is 0 Å². The monoisotopic (exact) mass is 409 g/mol. The first-order valence-electron chi connectivity index (χ1n) is 9.62. The highest BCUT2D eigenvalue weighted by molar-refractivity contribution is 5.82. The molecule has 0 saturated heterocycles. The normalized spacial score (nSPS) is 11.1. The van der Waals surface area contributed by atoms with Crippen LogP contribution >= 0.6 is 0 Å². The Balaban J connectivity index is 0.000000184. The summed E-state index contributed by atoms with van der Waals surface area (Å²) in [5, 5.41) is 3.27. The van der Waals surface area contributed by atoms with E-state index in [1.807, 2.05) is 56.6 Å². The number of benzene rings is 2. The zero-order valence-electron chi connectivity index (χ0n) is 17.7. The number of aromatic nitrogens is 4. The molecule has 0 atom stereocenters. The third kappa shape index (κ3) is 4.73. The van der Waals surface area contributed by atoms with Crippen molar-refractivity contribution in [2.75, 3.05) is 20.8 Å². The van der Waals surface area contributed by atoms with Crippen LogP contribution in [0.4, 0.5) is 0 Å². The quantitative estimate of drug-likeness (QED) is 0.373. The fraction of sp³-hybridized carbons (Fsp3) is 0.318. The standard InChI is InChI=1S/C13H19N3O2.C9H8N2O/c1-16-11-7-5-4-6-10(11)15-12(16)8-14-9-13(17-2)18-3;1-11-8-5-3-2-4-7(8)10-9(11)6-12/h4-7,13-14H,8-9H2,1-3H3;2-6H,1H3. The molecular weight excluding hydrogens is 382 g/mol. The maximum absolute atomic E-state index is 10.5. The molecule has 2 aromatic carbocycles. The molecule has 8 nitrogen and oxygen atoms in total. The summed E-state index contributed by atoms with van der Waals surface area (Å²) in [5.41, 5.74) is 4.01. The van der Waals surface area contributed by atoms with Crippen LogP contribution in [0, 0.1) is 0 Å². The second-order valence-electron chi connectivity index (χ2n) is 6.74. The van der Waals surface area contributed by atoms with Gasteiger partial charge in [0.2, 0.25) is 0 Å². The molecule has 8 heteroatoms. The van der Waals surface area contributed by atoms with Gasteiger partial charge in [0.1, 0.15) is 5.82 Å². The Morgan fingerprint density at radius 1 is 0.933 bits per heavy atom. The summed E-state index contributed by atoms with van der Waals surface area (Å²) in [5.74, 6) is 1.47. The molecule has 158 valence electrons. The van der Waals surface area contributed by atoms with Gasteiger partial charge >= 0.3 is 0 Å². The average molecular weight is 409 g/mol. The lowest BCUT2D eigenvalue weighted by Crippen LogP contribution is -2.30. The minimum atomic E-state index is -0.223. The molecule has 0 aliphatic heterocycles. The molecule has 0 bridgehead atoms. The second kappa shape index (κ2) is 10.1. The minimum absolute atomic E-state index is 0.223. The van der Waals surface area contributed by atoms with E-state index < -0.39 is 0 Å². The van der Waals surface area contributed by atoms with Crippen molar-refractivity contribution in [1.82, 2.24) is 24.4 Å². The topological polar surface area (TPSA) is 83.2 Å². The van der Waals surface area contributed by atoms with Crippen molar-refractivity contribution in [3.05, 3.63) is 60.2 Å². The van der Waals surface area contributed by atoms with Gasteiger partial charge < -0.3 is 23.9 Å². The van der Waals surface area contributed by atoms with E-state index in [-0.39, 0.29) is 6.29 Å². The van der Waals surface area contributed by atoms with Crippen molar-refractivity contribution in [3.8, 4) is 0 Å². The molecule has 0 amide bonds. The van der Waals surface area contributed by atoms with Crippen molar-refractivity contribution < 1.29 is 14.3 Å². The van der Waals surface area contributed by atoms with Gasteiger partial charge in [-0.2, -0.15) is 0 Å². The summed E-state index contributed by atoms with van der Waals surface area (Å²) in [6, 6.07) is 15.8. The molecule has 0 unspecified atom stereocenters. The van der Waals surface area contributed by atoms with Gasteiger partial charge in [0.05, 0.1) is 28.6 Å². The van der Waals surface area contributed by atoms with Crippen molar-refractivity contribution in [2.45, 2.75) is 12.8 Å². The highest BCUT2D eigenvalue weighted by Gasteiger charge is 2.08. The maximum atomic E-state index is 10.5. The van der Waals surface area contributed by atoms with Gasteiger partial charge in [-0.05, 0) is 24.3 Å². The summed E-state index contributed by atoms with van der Waals surface area (Å²) in [6.45, 7) is 1.32.